The first-order chi connectivity index (χ1) is 11.0. The molecule has 0 aliphatic rings. The van der Waals surface area contributed by atoms with Gasteiger partial charge in [-0.2, -0.15) is 0 Å². The summed E-state index contributed by atoms with van der Waals surface area (Å²) in [6.45, 7) is 1.15. The van der Waals surface area contributed by atoms with Gasteiger partial charge in [0.1, 0.15) is 22.8 Å². The average molecular weight is 316 g/mol. The second-order valence-corrected chi connectivity index (χ2v) is 4.65. The highest BCUT2D eigenvalue weighted by Crippen LogP contribution is 2.24. The number of aliphatic hydroxyl groups excluding tert-OH is 1. The van der Waals surface area contributed by atoms with E-state index in [0.29, 0.717) is 22.8 Å². The number of benzene rings is 2. The van der Waals surface area contributed by atoms with Gasteiger partial charge in [-0.3, -0.25) is 4.79 Å². The van der Waals surface area contributed by atoms with Crippen molar-refractivity contribution in [1.29, 1.82) is 0 Å². The first-order valence-electron chi connectivity index (χ1n) is 6.82. The lowest BCUT2D eigenvalue weighted by Crippen LogP contribution is -2.10. The molecule has 1 N–H and O–H groups in total. The lowest BCUT2D eigenvalue weighted by atomic mass is 10.1. The molecule has 0 unspecified atom stereocenters. The van der Waals surface area contributed by atoms with E-state index in [-0.39, 0.29) is 12.2 Å². The van der Waals surface area contributed by atoms with E-state index in [0.717, 1.165) is 0 Å². The van der Waals surface area contributed by atoms with Crippen LogP contribution in [0.5, 0.6) is 17.2 Å². The van der Waals surface area contributed by atoms with Crippen LogP contribution in [0, 0.1) is 0 Å². The molecule has 0 spiro atoms. The summed E-state index contributed by atoms with van der Waals surface area (Å²) in [6, 6.07) is 10.8. The molecule has 0 fully saturated rings. The van der Waals surface area contributed by atoms with Gasteiger partial charge in [0.15, 0.2) is 0 Å². The number of hydrogen-bond acceptors (Lipinski definition) is 6. The second-order valence-electron chi connectivity index (χ2n) is 4.65. The van der Waals surface area contributed by atoms with E-state index in [9.17, 15) is 9.59 Å². The SMILES string of the molecule is COc1cc(CO)ccc1C(=O)Oc1ccc(OC(C)=O)cc1. The Morgan fingerprint density at radius 2 is 1.61 bits per heavy atom. The number of methoxy groups -OCH3 is 1. The minimum absolute atomic E-state index is 0.150. The van der Waals surface area contributed by atoms with E-state index >= 15 is 0 Å². The van der Waals surface area contributed by atoms with Crippen LogP contribution in [-0.2, 0) is 11.4 Å². The fourth-order valence-corrected chi connectivity index (χ4v) is 1.91. The predicted molar refractivity (Wildman–Crippen MR) is 81.6 cm³/mol. The van der Waals surface area contributed by atoms with Gasteiger partial charge in [0, 0.05) is 6.92 Å². The highest BCUT2D eigenvalue weighted by Gasteiger charge is 2.15. The van der Waals surface area contributed by atoms with E-state index in [1.165, 1.54) is 44.4 Å². The summed E-state index contributed by atoms with van der Waals surface area (Å²) in [6.07, 6.45) is 0. The molecule has 0 aromatic heterocycles. The van der Waals surface area contributed by atoms with Crippen molar-refractivity contribution in [3.8, 4) is 17.2 Å². The molecule has 0 saturated carbocycles. The van der Waals surface area contributed by atoms with Crippen molar-refractivity contribution < 1.29 is 28.9 Å². The lowest BCUT2D eigenvalue weighted by molar-refractivity contribution is -0.131. The fraction of sp³-hybridized carbons (Fsp3) is 0.176. The van der Waals surface area contributed by atoms with E-state index < -0.39 is 11.9 Å². The fourth-order valence-electron chi connectivity index (χ4n) is 1.91. The first-order valence-corrected chi connectivity index (χ1v) is 6.82. The van der Waals surface area contributed by atoms with Crippen LogP contribution in [0.15, 0.2) is 42.5 Å². The monoisotopic (exact) mass is 316 g/mol. The van der Waals surface area contributed by atoms with Gasteiger partial charge in [-0.1, -0.05) is 6.07 Å². The summed E-state index contributed by atoms with van der Waals surface area (Å²) in [4.78, 5) is 23.1. The predicted octanol–water partition coefficient (Wildman–Crippen LogP) is 2.33. The minimum atomic E-state index is -0.591. The zero-order chi connectivity index (χ0) is 16.8. The Bertz CT molecular complexity index is 706. The summed E-state index contributed by atoms with van der Waals surface area (Å²) in [5.41, 5.74) is 0.873. The molecule has 0 atom stereocenters. The maximum atomic E-state index is 12.2. The molecule has 2 aromatic rings. The zero-order valence-electron chi connectivity index (χ0n) is 12.7. The quantitative estimate of drug-likeness (QED) is 0.673. The molecule has 0 heterocycles. The number of rotatable bonds is 5. The molecule has 6 heteroatoms. The van der Waals surface area contributed by atoms with Crippen molar-refractivity contribution in [2.75, 3.05) is 7.11 Å². The maximum absolute atomic E-state index is 12.2. The molecule has 0 radical (unpaired) electrons. The van der Waals surface area contributed by atoms with Crippen molar-refractivity contribution in [1.82, 2.24) is 0 Å². The van der Waals surface area contributed by atoms with Crippen LogP contribution in [0.3, 0.4) is 0 Å². The van der Waals surface area contributed by atoms with E-state index in [4.69, 9.17) is 19.3 Å². The third kappa shape index (κ3) is 4.31. The topological polar surface area (TPSA) is 82.1 Å². The normalized spacial score (nSPS) is 10.0. The Labute approximate surface area is 133 Å². The molecule has 0 aliphatic heterocycles. The van der Waals surface area contributed by atoms with Gasteiger partial charge in [0.2, 0.25) is 0 Å². The summed E-state index contributed by atoms with van der Waals surface area (Å²) in [5.74, 6) is -0.0329. The Morgan fingerprint density at radius 3 is 2.13 bits per heavy atom. The van der Waals surface area contributed by atoms with Gasteiger partial charge in [-0.05, 0) is 42.0 Å². The van der Waals surface area contributed by atoms with Crippen molar-refractivity contribution >= 4 is 11.9 Å². The number of carbonyl (C=O) groups excluding carboxylic acids is 2. The van der Waals surface area contributed by atoms with Gasteiger partial charge in [-0.15, -0.1) is 0 Å². The van der Waals surface area contributed by atoms with Crippen LogP contribution < -0.4 is 14.2 Å². The van der Waals surface area contributed by atoms with Crippen LogP contribution in [0.1, 0.15) is 22.8 Å². The highest BCUT2D eigenvalue weighted by atomic mass is 16.5. The summed E-state index contributed by atoms with van der Waals surface area (Å²) in [5, 5.41) is 9.10. The minimum Gasteiger partial charge on any atom is -0.496 e. The molecule has 23 heavy (non-hydrogen) atoms. The lowest BCUT2D eigenvalue weighted by Gasteiger charge is -2.10. The number of ether oxygens (including phenoxy) is 3. The van der Waals surface area contributed by atoms with Crippen LogP contribution in [0.2, 0.25) is 0 Å². The van der Waals surface area contributed by atoms with Crippen molar-refractivity contribution in [2.24, 2.45) is 0 Å². The Hall–Kier alpha value is -2.86. The molecular weight excluding hydrogens is 300 g/mol. The van der Waals surface area contributed by atoms with Crippen molar-refractivity contribution in [3.63, 3.8) is 0 Å². The first kappa shape index (κ1) is 16.5. The summed E-state index contributed by atoms with van der Waals surface area (Å²) in [7, 11) is 1.43. The maximum Gasteiger partial charge on any atom is 0.347 e. The number of esters is 2. The molecule has 2 rings (SSSR count). The van der Waals surface area contributed by atoms with E-state index in [1.807, 2.05) is 0 Å². The van der Waals surface area contributed by atoms with Gasteiger partial charge in [0.25, 0.3) is 0 Å². The summed E-state index contributed by atoms with van der Waals surface area (Å²) >= 11 is 0. The molecule has 2 aromatic carbocycles. The van der Waals surface area contributed by atoms with Crippen LogP contribution >= 0.6 is 0 Å². The van der Waals surface area contributed by atoms with Gasteiger partial charge in [-0.25, -0.2) is 4.79 Å². The Kier molecular flexibility index (Phi) is 5.32. The zero-order valence-corrected chi connectivity index (χ0v) is 12.7. The van der Waals surface area contributed by atoms with Gasteiger partial charge < -0.3 is 19.3 Å². The molecular formula is C17H16O6. The average Bonchev–Trinajstić information content (AvgIpc) is 2.55. The largest absolute Gasteiger partial charge is 0.496 e. The van der Waals surface area contributed by atoms with Gasteiger partial charge in [0.05, 0.1) is 13.7 Å². The van der Waals surface area contributed by atoms with Crippen LogP contribution in [0.25, 0.3) is 0 Å². The third-order valence-corrected chi connectivity index (χ3v) is 2.96. The Balaban J connectivity index is 2.14. The molecule has 6 nitrogen and oxygen atoms in total. The molecule has 0 amide bonds. The third-order valence-electron chi connectivity index (χ3n) is 2.96. The van der Waals surface area contributed by atoms with Gasteiger partial charge >= 0.3 is 11.9 Å². The standard InChI is InChI=1S/C17H16O6/c1-11(19)22-13-4-6-14(7-5-13)23-17(20)15-8-3-12(10-18)9-16(15)21-2/h3-9,18H,10H2,1-2H3. The molecule has 0 aliphatic carbocycles. The molecule has 0 saturated heterocycles. The molecule has 120 valence electrons. The Morgan fingerprint density at radius 1 is 1.00 bits per heavy atom. The van der Waals surface area contributed by atoms with Crippen molar-refractivity contribution in [3.05, 3.63) is 53.6 Å². The van der Waals surface area contributed by atoms with Crippen LogP contribution in [0.4, 0.5) is 0 Å². The van der Waals surface area contributed by atoms with Crippen molar-refractivity contribution in [2.45, 2.75) is 13.5 Å². The highest BCUT2D eigenvalue weighted by molar-refractivity contribution is 5.94. The number of carbonyl (C=O) groups is 2. The van der Waals surface area contributed by atoms with Crippen LogP contribution in [-0.4, -0.2) is 24.2 Å². The number of aliphatic hydroxyl groups is 1. The molecule has 0 bridgehead atoms. The number of hydrogen-bond donors (Lipinski definition) is 1. The smallest absolute Gasteiger partial charge is 0.347 e. The van der Waals surface area contributed by atoms with E-state index in [2.05, 4.69) is 0 Å². The second kappa shape index (κ2) is 7.42. The van der Waals surface area contributed by atoms with E-state index in [1.54, 1.807) is 12.1 Å². The summed E-state index contributed by atoms with van der Waals surface area (Å²) < 4.78 is 15.3.